The zero-order chi connectivity index (χ0) is 9.14. The van der Waals surface area contributed by atoms with Gasteiger partial charge in [-0.3, -0.25) is 4.68 Å². The van der Waals surface area contributed by atoms with E-state index < -0.39 is 0 Å². The zero-order valence-corrected chi connectivity index (χ0v) is 8.04. The van der Waals surface area contributed by atoms with Crippen LogP contribution in [-0.2, 0) is 7.05 Å². The highest BCUT2D eigenvalue weighted by molar-refractivity contribution is 5.12. The molecular weight excluding hydrogens is 150 g/mol. The Morgan fingerprint density at radius 1 is 1.67 bits per heavy atom. The van der Waals surface area contributed by atoms with Crippen LogP contribution in [0.4, 0.5) is 0 Å². The van der Waals surface area contributed by atoms with Gasteiger partial charge in [-0.2, -0.15) is 5.10 Å². The van der Waals surface area contributed by atoms with Crippen LogP contribution in [0.25, 0.3) is 0 Å². The Balaban J connectivity index is 2.74. The summed E-state index contributed by atoms with van der Waals surface area (Å²) in [6.45, 7) is 4.96. The Morgan fingerprint density at radius 2 is 2.33 bits per heavy atom. The van der Waals surface area contributed by atoms with Gasteiger partial charge in [-0.1, -0.05) is 6.92 Å². The number of nitrogens with zero attached hydrogens (tertiary/aromatic N) is 2. The van der Waals surface area contributed by atoms with Crippen molar-refractivity contribution in [3.63, 3.8) is 0 Å². The highest BCUT2D eigenvalue weighted by atomic mass is 15.3. The van der Waals surface area contributed by atoms with Gasteiger partial charge in [-0.15, -0.1) is 0 Å². The van der Waals surface area contributed by atoms with Crippen LogP contribution in [0.1, 0.15) is 30.7 Å². The lowest BCUT2D eigenvalue weighted by atomic mass is 10.0. The molecule has 1 heterocycles. The predicted octanol–water partition coefficient (Wildman–Crippen LogP) is 1.18. The molecule has 0 saturated carbocycles. The molecule has 1 rings (SSSR count). The molecule has 0 aromatic carbocycles. The molecule has 12 heavy (non-hydrogen) atoms. The van der Waals surface area contributed by atoms with Crippen molar-refractivity contribution in [1.29, 1.82) is 0 Å². The summed E-state index contributed by atoms with van der Waals surface area (Å²) >= 11 is 0. The Kier molecular flexibility index (Phi) is 2.87. The van der Waals surface area contributed by atoms with Gasteiger partial charge >= 0.3 is 0 Å². The summed E-state index contributed by atoms with van der Waals surface area (Å²) < 4.78 is 1.91. The smallest absolute Gasteiger partial charge is 0.0655 e. The number of aryl methyl sites for hydroxylation is 2. The highest BCUT2D eigenvalue weighted by Crippen LogP contribution is 2.16. The van der Waals surface area contributed by atoms with Gasteiger partial charge < -0.3 is 5.73 Å². The molecule has 0 aliphatic heterocycles. The van der Waals surface area contributed by atoms with Crippen molar-refractivity contribution in [1.82, 2.24) is 9.78 Å². The molecule has 68 valence electrons. The average molecular weight is 167 g/mol. The summed E-state index contributed by atoms with van der Waals surface area (Å²) in [6.07, 6.45) is 1.01. The maximum absolute atomic E-state index is 5.48. The second kappa shape index (κ2) is 3.72. The van der Waals surface area contributed by atoms with E-state index in [0.29, 0.717) is 5.92 Å². The molecule has 0 radical (unpaired) electrons. The van der Waals surface area contributed by atoms with Crippen LogP contribution in [0.5, 0.6) is 0 Å². The first kappa shape index (κ1) is 9.26. The molecule has 3 heteroatoms. The minimum atomic E-state index is 0.481. The van der Waals surface area contributed by atoms with Crippen molar-refractivity contribution in [2.75, 3.05) is 6.54 Å². The standard InChI is InChI=1S/C9H17N3/c1-7(4-5-10)9-6-8(2)12(3)11-9/h6-7H,4-5,10H2,1-3H3. The van der Waals surface area contributed by atoms with Crippen LogP contribution in [0.2, 0.25) is 0 Å². The minimum Gasteiger partial charge on any atom is -0.330 e. The Labute approximate surface area is 73.6 Å². The van der Waals surface area contributed by atoms with Crippen molar-refractivity contribution < 1.29 is 0 Å². The molecule has 1 aromatic rings. The van der Waals surface area contributed by atoms with E-state index in [-0.39, 0.29) is 0 Å². The molecule has 0 amide bonds. The third-order valence-electron chi connectivity index (χ3n) is 2.24. The maximum atomic E-state index is 5.48. The van der Waals surface area contributed by atoms with Crippen LogP contribution >= 0.6 is 0 Å². The van der Waals surface area contributed by atoms with E-state index in [0.717, 1.165) is 18.7 Å². The first-order valence-corrected chi connectivity index (χ1v) is 4.35. The molecule has 0 saturated heterocycles. The molecule has 3 nitrogen and oxygen atoms in total. The topological polar surface area (TPSA) is 43.8 Å². The summed E-state index contributed by atoms with van der Waals surface area (Å²) in [4.78, 5) is 0. The summed E-state index contributed by atoms with van der Waals surface area (Å²) in [5, 5.41) is 4.39. The summed E-state index contributed by atoms with van der Waals surface area (Å²) in [5.74, 6) is 0.481. The van der Waals surface area contributed by atoms with E-state index in [4.69, 9.17) is 5.73 Å². The van der Waals surface area contributed by atoms with E-state index >= 15 is 0 Å². The van der Waals surface area contributed by atoms with Crippen molar-refractivity contribution in [2.45, 2.75) is 26.2 Å². The third-order valence-corrected chi connectivity index (χ3v) is 2.24. The van der Waals surface area contributed by atoms with Gasteiger partial charge in [-0.25, -0.2) is 0 Å². The van der Waals surface area contributed by atoms with Crippen LogP contribution in [-0.4, -0.2) is 16.3 Å². The van der Waals surface area contributed by atoms with Crippen molar-refractivity contribution in [3.05, 3.63) is 17.5 Å². The fraction of sp³-hybridized carbons (Fsp3) is 0.667. The van der Waals surface area contributed by atoms with Gasteiger partial charge in [0, 0.05) is 18.7 Å². The zero-order valence-electron chi connectivity index (χ0n) is 8.04. The third kappa shape index (κ3) is 1.85. The Bertz CT molecular complexity index is 233. The van der Waals surface area contributed by atoms with Crippen molar-refractivity contribution in [3.8, 4) is 0 Å². The number of hydrogen-bond acceptors (Lipinski definition) is 2. The molecule has 0 aliphatic rings. The fourth-order valence-corrected chi connectivity index (χ4v) is 1.23. The average Bonchev–Trinajstić information content (AvgIpc) is 2.33. The van der Waals surface area contributed by atoms with Crippen LogP contribution < -0.4 is 5.73 Å². The maximum Gasteiger partial charge on any atom is 0.0655 e. The monoisotopic (exact) mass is 167 g/mol. The lowest BCUT2D eigenvalue weighted by Crippen LogP contribution is -2.05. The SMILES string of the molecule is Cc1cc(C(C)CCN)nn1C. The molecule has 0 fully saturated rings. The largest absolute Gasteiger partial charge is 0.330 e. The first-order valence-electron chi connectivity index (χ1n) is 4.35. The van der Waals surface area contributed by atoms with Gasteiger partial charge in [0.15, 0.2) is 0 Å². The molecule has 0 spiro atoms. The molecule has 1 unspecified atom stereocenters. The van der Waals surface area contributed by atoms with Gasteiger partial charge in [0.2, 0.25) is 0 Å². The fourth-order valence-electron chi connectivity index (χ4n) is 1.23. The minimum absolute atomic E-state index is 0.481. The lowest BCUT2D eigenvalue weighted by molar-refractivity contribution is 0.639. The first-order chi connectivity index (χ1) is 5.65. The van der Waals surface area contributed by atoms with Gasteiger partial charge in [0.1, 0.15) is 0 Å². The van der Waals surface area contributed by atoms with Gasteiger partial charge in [0.25, 0.3) is 0 Å². The predicted molar refractivity (Wildman–Crippen MR) is 50.0 cm³/mol. The van der Waals surface area contributed by atoms with Crippen LogP contribution in [0.15, 0.2) is 6.07 Å². The summed E-state index contributed by atoms with van der Waals surface area (Å²) in [7, 11) is 1.97. The number of nitrogens with two attached hydrogens (primary N) is 1. The number of hydrogen-bond donors (Lipinski definition) is 1. The van der Waals surface area contributed by atoms with Crippen LogP contribution in [0.3, 0.4) is 0 Å². The Hall–Kier alpha value is -0.830. The molecule has 1 atom stereocenters. The number of rotatable bonds is 3. The van der Waals surface area contributed by atoms with Gasteiger partial charge in [0.05, 0.1) is 5.69 Å². The van der Waals surface area contributed by atoms with E-state index in [1.807, 2.05) is 11.7 Å². The number of aromatic nitrogens is 2. The van der Waals surface area contributed by atoms with E-state index in [9.17, 15) is 0 Å². The molecular formula is C9H17N3. The molecule has 2 N–H and O–H groups in total. The lowest BCUT2D eigenvalue weighted by Gasteiger charge is -2.04. The van der Waals surface area contributed by atoms with Crippen molar-refractivity contribution in [2.24, 2.45) is 12.8 Å². The molecule has 1 aromatic heterocycles. The molecule has 0 aliphatic carbocycles. The normalized spacial score (nSPS) is 13.3. The second-order valence-electron chi connectivity index (χ2n) is 3.31. The summed E-state index contributed by atoms with van der Waals surface area (Å²) in [5.41, 5.74) is 7.83. The van der Waals surface area contributed by atoms with Crippen LogP contribution in [0, 0.1) is 6.92 Å². The van der Waals surface area contributed by atoms with Crippen molar-refractivity contribution >= 4 is 0 Å². The molecule has 0 bridgehead atoms. The van der Waals surface area contributed by atoms with Gasteiger partial charge in [-0.05, 0) is 26.0 Å². The van der Waals surface area contributed by atoms with E-state index in [2.05, 4.69) is 25.0 Å². The van der Waals surface area contributed by atoms with E-state index in [1.165, 1.54) is 5.69 Å². The Morgan fingerprint density at radius 3 is 2.75 bits per heavy atom. The summed E-state index contributed by atoms with van der Waals surface area (Å²) in [6, 6.07) is 2.13. The van der Waals surface area contributed by atoms with E-state index in [1.54, 1.807) is 0 Å². The quantitative estimate of drug-likeness (QED) is 0.734. The second-order valence-corrected chi connectivity index (χ2v) is 3.31. The highest BCUT2D eigenvalue weighted by Gasteiger charge is 2.08.